The number of hydrogen-bond acceptors (Lipinski definition) is 7. The summed E-state index contributed by atoms with van der Waals surface area (Å²) in [5.74, 6) is 0.145. The summed E-state index contributed by atoms with van der Waals surface area (Å²) in [6, 6.07) is 10.1. The van der Waals surface area contributed by atoms with Crippen LogP contribution in [0.3, 0.4) is 0 Å². The lowest BCUT2D eigenvalue weighted by atomic mass is 9.96. The largest absolute Gasteiger partial charge is 0.506 e. The van der Waals surface area contributed by atoms with Crippen LogP contribution in [-0.2, 0) is 4.79 Å². The highest BCUT2D eigenvalue weighted by Crippen LogP contribution is 2.26. The predicted octanol–water partition coefficient (Wildman–Crippen LogP) is 2.20. The standard InChI is InChI=1S/C18H18N6O4/c25-14-4-2-1-3-13(14)20-18(26)12-7-9-22(10-8-12)16-6-5-15-19-11-17(24(27)28)23(15)21-16/h1-6,11-12,25H,7-10H2,(H,20,26). The van der Waals surface area contributed by atoms with Gasteiger partial charge in [-0.25, -0.2) is 4.98 Å². The van der Waals surface area contributed by atoms with Crippen LogP contribution in [0.2, 0.25) is 0 Å². The first-order chi connectivity index (χ1) is 13.5. The summed E-state index contributed by atoms with van der Waals surface area (Å²) in [5.41, 5.74) is 0.807. The fourth-order valence-electron chi connectivity index (χ4n) is 3.33. The summed E-state index contributed by atoms with van der Waals surface area (Å²) in [6.07, 6.45) is 2.41. The molecule has 10 heteroatoms. The highest BCUT2D eigenvalue weighted by atomic mass is 16.6. The van der Waals surface area contributed by atoms with E-state index in [1.807, 2.05) is 4.90 Å². The second-order valence-electron chi connectivity index (χ2n) is 6.60. The van der Waals surface area contributed by atoms with Crippen molar-refractivity contribution in [1.82, 2.24) is 14.6 Å². The number of piperidine rings is 1. The highest BCUT2D eigenvalue weighted by molar-refractivity contribution is 5.94. The van der Waals surface area contributed by atoms with Gasteiger partial charge in [-0.1, -0.05) is 21.7 Å². The number of aromatic nitrogens is 3. The number of phenolic OH excluding ortho intramolecular Hbond substituents is 1. The minimum atomic E-state index is -0.521. The van der Waals surface area contributed by atoms with Gasteiger partial charge in [-0.2, -0.15) is 0 Å². The molecule has 0 radical (unpaired) electrons. The zero-order valence-electron chi connectivity index (χ0n) is 14.9. The molecular weight excluding hydrogens is 364 g/mol. The number of aromatic hydroxyl groups is 1. The molecule has 0 atom stereocenters. The number of hydrogen-bond donors (Lipinski definition) is 2. The quantitative estimate of drug-likeness (QED) is 0.402. The van der Waals surface area contributed by atoms with Gasteiger partial charge in [-0.3, -0.25) is 4.79 Å². The maximum atomic E-state index is 12.5. The van der Waals surface area contributed by atoms with Gasteiger partial charge in [-0.05, 0) is 36.0 Å². The van der Waals surface area contributed by atoms with Gasteiger partial charge in [0, 0.05) is 25.1 Å². The fraction of sp³-hybridized carbons (Fsp3) is 0.278. The topological polar surface area (TPSA) is 126 Å². The Hall–Kier alpha value is -3.69. The van der Waals surface area contributed by atoms with Gasteiger partial charge in [0.2, 0.25) is 11.6 Å². The van der Waals surface area contributed by atoms with Gasteiger partial charge in [0.25, 0.3) is 0 Å². The normalized spacial score (nSPS) is 14.9. The minimum Gasteiger partial charge on any atom is -0.506 e. The maximum Gasteiger partial charge on any atom is 0.368 e. The average Bonchev–Trinajstić information content (AvgIpc) is 3.13. The number of rotatable bonds is 4. The smallest absolute Gasteiger partial charge is 0.368 e. The molecule has 2 aromatic heterocycles. The third kappa shape index (κ3) is 3.31. The van der Waals surface area contributed by atoms with E-state index in [2.05, 4.69) is 15.4 Å². The van der Waals surface area contributed by atoms with E-state index in [1.165, 1.54) is 16.8 Å². The molecule has 4 rings (SSSR count). The van der Waals surface area contributed by atoms with Crippen LogP contribution in [0.15, 0.2) is 42.6 Å². The third-order valence-electron chi connectivity index (χ3n) is 4.87. The summed E-state index contributed by atoms with van der Waals surface area (Å²) in [7, 11) is 0. The van der Waals surface area contributed by atoms with Gasteiger partial charge < -0.3 is 25.4 Å². The lowest BCUT2D eigenvalue weighted by molar-refractivity contribution is -0.391. The van der Waals surface area contributed by atoms with Gasteiger partial charge >= 0.3 is 5.82 Å². The molecule has 1 aliphatic rings. The van der Waals surface area contributed by atoms with Crippen molar-refractivity contribution in [2.75, 3.05) is 23.3 Å². The lowest BCUT2D eigenvalue weighted by Gasteiger charge is -2.31. The van der Waals surface area contributed by atoms with E-state index in [1.54, 1.807) is 30.3 Å². The molecule has 1 fully saturated rings. The van der Waals surface area contributed by atoms with E-state index in [0.29, 0.717) is 43.1 Å². The Morgan fingerprint density at radius 2 is 1.96 bits per heavy atom. The number of anilines is 2. The van der Waals surface area contributed by atoms with E-state index < -0.39 is 4.92 Å². The summed E-state index contributed by atoms with van der Waals surface area (Å²) < 4.78 is 1.21. The summed E-state index contributed by atoms with van der Waals surface area (Å²) in [6.45, 7) is 1.19. The van der Waals surface area contributed by atoms with Crippen molar-refractivity contribution in [1.29, 1.82) is 0 Å². The van der Waals surface area contributed by atoms with Crippen LogP contribution < -0.4 is 10.2 Å². The molecule has 144 valence electrons. The molecule has 3 heterocycles. The Morgan fingerprint density at radius 1 is 1.21 bits per heavy atom. The molecule has 1 aromatic carbocycles. The molecule has 1 amide bonds. The molecule has 0 spiro atoms. The molecule has 28 heavy (non-hydrogen) atoms. The number of phenols is 1. The van der Waals surface area contributed by atoms with Gasteiger partial charge in [0.1, 0.15) is 11.9 Å². The van der Waals surface area contributed by atoms with Crippen molar-refractivity contribution in [3.8, 4) is 5.75 Å². The SMILES string of the molecule is O=C(Nc1ccccc1O)C1CCN(c2ccc3ncc([N+](=O)[O-])n3n2)CC1. The van der Waals surface area contributed by atoms with Crippen molar-refractivity contribution in [2.45, 2.75) is 12.8 Å². The maximum absolute atomic E-state index is 12.5. The van der Waals surface area contributed by atoms with E-state index in [-0.39, 0.29) is 23.4 Å². The number of para-hydroxylation sites is 2. The van der Waals surface area contributed by atoms with E-state index in [0.717, 1.165) is 0 Å². The van der Waals surface area contributed by atoms with Crippen molar-refractivity contribution in [3.05, 3.63) is 52.7 Å². The molecule has 0 unspecified atom stereocenters. The highest BCUT2D eigenvalue weighted by Gasteiger charge is 2.27. The van der Waals surface area contributed by atoms with Crippen LogP contribution in [0.5, 0.6) is 5.75 Å². The zero-order valence-corrected chi connectivity index (χ0v) is 14.9. The predicted molar refractivity (Wildman–Crippen MR) is 101 cm³/mol. The first-order valence-corrected chi connectivity index (χ1v) is 8.86. The number of amides is 1. The van der Waals surface area contributed by atoms with Crippen molar-refractivity contribution in [3.63, 3.8) is 0 Å². The average molecular weight is 382 g/mol. The Bertz CT molecular complexity index is 1040. The monoisotopic (exact) mass is 382 g/mol. The van der Waals surface area contributed by atoms with Gasteiger partial charge in [0.15, 0.2) is 5.82 Å². The van der Waals surface area contributed by atoms with E-state index >= 15 is 0 Å². The summed E-state index contributed by atoms with van der Waals surface area (Å²) in [5, 5.41) is 28.0. The van der Waals surface area contributed by atoms with Crippen LogP contribution in [0.4, 0.5) is 17.3 Å². The molecule has 0 saturated carbocycles. The molecule has 2 N–H and O–H groups in total. The summed E-state index contributed by atoms with van der Waals surface area (Å²) in [4.78, 5) is 29.0. The van der Waals surface area contributed by atoms with Crippen molar-refractivity contribution in [2.24, 2.45) is 5.92 Å². The fourth-order valence-corrected chi connectivity index (χ4v) is 3.33. The lowest BCUT2D eigenvalue weighted by Crippen LogP contribution is -2.38. The number of carbonyl (C=O) groups is 1. The number of nitrogens with one attached hydrogen (secondary N) is 1. The van der Waals surface area contributed by atoms with Crippen LogP contribution >= 0.6 is 0 Å². The molecule has 1 saturated heterocycles. The van der Waals surface area contributed by atoms with Gasteiger partial charge in [0.05, 0.1) is 5.69 Å². The minimum absolute atomic E-state index is 0.0349. The molecule has 0 aliphatic carbocycles. The third-order valence-corrected chi connectivity index (χ3v) is 4.87. The Labute approximate surface area is 159 Å². The zero-order chi connectivity index (χ0) is 19.7. The van der Waals surface area contributed by atoms with Crippen LogP contribution in [-0.4, -0.2) is 43.6 Å². The van der Waals surface area contributed by atoms with E-state index in [4.69, 9.17) is 0 Å². The van der Waals surface area contributed by atoms with Crippen molar-refractivity contribution < 1.29 is 14.8 Å². The van der Waals surface area contributed by atoms with Crippen LogP contribution in [0.25, 0.3) is 5.65 Å². The number of nitrogens with zero attached hydrogens (tertiary/aromatic N) is 5. The first-order valence-electron chi connectivity index (χ1n) is 8.86. The Morgan fingerprint density at radius 3 is 2.68 bits per heavy atom. The number of fused-ring (bicyclic) bond motifs is 1. The van der Waals surface area contributed by atoms with Crippen LogP contribution in [0, 0.1) is 16.0 Å². The summed E-state index contributed by atoms with van der Waals surface area (Å²) >= 11 is 0. The number of imidazole rings is 1. The first kappa shape index (κ1) is 17.7. The van der Waals surface area contributed by atoms with Crippen molar-refractivity contribution >= 4 is 28.9 Å². The number of carbonyl (C=O) groups excluding carboxylic acids is 1. The van der Waals surface area contributed by atoms with Crippen LogP contribution in [0.1, 0.15) is 12.8 Å². The second-order valence-corrected chi connectivity index (χ2v) is 6.60. The second kappa shape index (κ2) is 7.14. The van der Waals surface area contributed by atoms with Gasteiger partial charge in [-0.15, -0.1) is 0 Å². The van der Waals surface area contributed by atoms with E-state index in [9.17, 15) is 20.0 Å². The molecule has 1 aliphatic heterocycles. The number of nitro groups is 1. The Balaban J connectivity index is 1.43. The molecule has 0 bridgehead atoms. The Kier molecular flexibility index (Phi) is 4.52. The molecule has 10 nitrogen and oxygen atoms in total. The molecule has 3 aromatic rings. The number of benzene rings is 1. The molecular formula is C18H18N6O4.